The van der Waals surface area contributed by atoms with Crippen molar-refractivity contribution in [3.05, 3.63) is 36.0 Å². The van der Waals surface area contributed by atoms with Crippen molar-refractivity contribution in [2.24, 2.45) is 0 Å². The summed E-state index contributed by atoms with van der Waals surface area (Å²) in [7, 11) is 3.88. The highest BCUT2D eigenvalue weighted by molar-refractivity contribution is 5.52. The summed E-state index contributed by atoms with van der Waals surface area (Å²) in [4.78, 5) is 19.1. The Morgan fingerprint density at radius 1 is 0.786 bits per heavy atom. The predicted molar refractivity (Wildman–Crippen MR) is 114 cm³/mol. The summed E-state index contributed by atoms with van der Waals surface area (Å²) in [5.74, 6) is 2.82. The van der Waals surface area contributed by atoms with E-state index >= 15 is 0 Å². The normalized spacial score (nSPS) is 18.5. The number of benzene rings is 1. The van der Waals surface area contributed by atoms with Crippen molar-refractivity contribution in [1.29, 1.82) is 0 Å². The zero-order valence-electron chi connectivity index (χ0n) is 17.1. The Balaban J connectivity index is 1.42. The van der Waals surface area contributed by atoms with Crippen LogP contribution in [0.25, 0.3) is 0 Å². The first-order chi connectivity index (χ1) is 13.6. The van der Waals surface area contributed by atoms with Gasteiger partial charge in [0, 0.05) is 69.8 Å². The lowest BCUT2D eigenvalue weighted by molar-refractivity contribution is 0.312. The van der Waals surface area contributed by atoms with Gasteiger partial charge in [0.2, 0.25) is 5.95 Å². The predicted octanol–water partition coefficient (Wildman–Crippen LogP) is 1.87. The fourth-order valence-electron chi connectivity index (χ4n) is 3.83. The Labute approximate surface area is 167 Å². The van der Waals surface area contributed by atoms with Crippen LogP contribution < -0.4 is 19.4 Å². The maximum absolute atomic E-state index is 5.26. The van der Waals surface area contributed by atoms with E-state index in [0.717, 1.165) is 75.6 Å². The van der Waals surface area contributed by atoms with Crippen LogP contribution in [0.5, 0.6) is 5.75 Å². The molecule has 0 unspecified atom stereocenters. The molecule has 0 amide bonds. The first-order valence-electron chi connectivity index (χ1n) is 10.1. The molecule has 2 aromatic rings. The first kappa shape index (κ1) is 18.8. The maximum Gasteiger partial charge on any atom is 0.227 e. The van der Waals surface area contributed by atoms with Gasteiger partial charge in [-0.2, -0.15) is 4.98 Å². The van der Waals surface area contributed by atoms with Crippen LogP contribution in [0.1, 0.15) is 5.69 Å². The molecule has 2 aliphatic rings. The SMILES string of the molecule is COc1ccc(N2CCN(c3nc(C)cc(N4CCN(C)CC4)n3)CC2)cc1. The van der Waals surface area contributed by atoms with Gasteiger partial charge in [0.05, 0.1) is 7.11 Å². The van der Waals surface area contributed by atoms with Crippen molar-refractivity contribution in [1.82, 2.24) is 14.9 Å². The van der Waals surface area contributed by atoms with Crippen LogP contribution in [-0.4, -0.2) is 81.4 Å². The van der Waals surface area contributed by atoms with Gasteiger partial charge in [-0.25, -0.2) is 4.98 Å². The third kappa shape index (κ3) is 4.14. The van der Waals surface area contributed by atoms with E-state index in [1.807, 2.05) is 12.1 Å². The van der Waals surface area contributed by atoms with Gasteiger partial charge in [0.25, 0.3) is 0 Å². The van der Waals surface area contributed by atoms with Gasteiger partial charge >= 0.3 is 0 Å². The molecule has 0 atom stereocenters. The van der Waals surface area contributed by atoms with E-state index in [2.05, 4.69) is 51.8 Å². The van der Waals surface area contributed by atoms with Crippen molar-refractivity contribution in [3.8, 4) is 5.75 Å². The minimum atomic E-state index is 0.864. The fraction of sp³-hybridized carbons (Fsp3) is 0.524. The van der Waals surface area contributed by atoms with E-state index in [9.17, 15) is 0 Å². The molecule has 0 N–H and O–H groups in total. The molecule has 0 bridgehead atoms. The molecular weight excluding hydrogens is 352 g/mol. The molecule has 3 heterocycles. The van der Waals surface area contributed by atoms with Gasteiger partial charge in [0.1, 0.15) is 11.6 Å². The van der Waals surface area contributed by atoms with Crippen LogP contribution in [0.15, 0.2) is 30.3 Å². The van der Waals surface area contributed by atoms with Crippen molar-refractivity contribution in [3.63, 3.8) is 0 Å². The molecule has 0 saturated carbocycles. The molecule has 7 nitrogen and oxygen atoms in total. The maximum atomic E-state index is 5.26. The monoisotopic (exact) mass is 382 g/mol. The van der Waals surface area contributed by atoms with Crippen LogP contribution in [0.2, 0.25) is 0 Å². The second kappa shape index (κ2) is 8.22. The summed E-state index contributed by atoms with van der Waals surface area (Å²) >= 11 is 0. The summed E-state index contributed by atoms with van der Waals surface area (Å²) in [5, 5.41) is 0. The molecule has 4 rings (SSSR count). The number of rotatable bonds is 4. The highest BCUT2D eigenvalue weighted by Gasteiger charge is 2.22. The molecule has 2 fully saturated rings. The molecule has 1 aromatic heterocycles. The van der Waals surface area contributed by atoms with E-state index in [-0.39, 0.29) is 0 Å². The van der Waals surface area contributed by atoms with E-state index in [4.69, 9.17) is 14.7 Å². The highest BCUT2D eigenvalue weighted by atomic mass is 16.5. The van der Waals surface area contributed by atoms with Crippen LogP contribution in [0, 0.1) is 6.92 Å². The number of aromatic nitrogens is 2. The summed E-state index contributed by atoms with van der Waals surface area (Å²) in [6.45, 7) is 10.1. The van der Waals surface area contributed by atoms with Gasteiger partial charge in [0.15, 0.2) is 0 Å². The Kier molecular flexibility index (Phi) is 5.52. The fourth-order valence-corrected chi connectivity index (χ4v) is 3.83. The number of anilines is 3. The van der Waals surface area contributed by atoms with Crippen molar-refractivity contribution in [2.45, 2.75) is 6.92 Å². The second-order valence-corrected chi connectivity index (χ2v) is 7.63. The minimum absolute atomic E-state index is 0.864. The van der Waals surface area contributed by atoms with Crippen LogP contribution in [-0.2, 0) is 0 Å². The minimum Gasteiger partial charge on any atom is -0.497 e. The van der Waals surface area contributed by atoms with Crippen molar-refractivity contribution >= 4 is 17.5 Å². The Hall–Kier alpha value is -2.54. The first-order valence-corrected chi connectivity index (χ1v) is 10.1. The number of ether oxygens (including phenoxy) is 1. The lowest BCUT2D eigenvalue weighted by atomic mass is 10.2. The highest BCUT2D eigenvalue weighted by Crippen LogP contribution is 2.23. The second-order valence-electron chi connectivity index (χ2n) is 7.63. The van der Waals surface area contributed by atoms with E-state index < -0.39 is 0 Å². The molecule has 150 valence electrons. The third-order valence-corrected chi connectivity index (χ3v) is 5.66. The van der Waals surface area contributed by atoms with Gasteiger partial charge in [-0.3, -0.25) is 0 Å². The van der Waals surface area contributed by atoms with Crippen molar-refractivity contribution < 1.29 is 4.74 Å². The molecule has 0 aliphatic carbocycles. The average molecular weight is 383 g/mol. The lowest BCUT2D eigenvalue weighted by Crippen LogP contribution is -2.47. The number of nitrogens with zero attached hydrogens (tertiary/aromatic N) is 6. The van der Waals surface area contributed by atoms with E-state index in [1.165, 1.54) is 5.69 Å². The van der Waals surface area contributed by atoms with Crippen LogP contribution >= 0.6 is 0 Å². The van der Waals surface area contributed by atoms with E-state index in [1.54, 1.807) is 7.11 Å². The summed E-state index contributed by atoms with van der Waals surface area (Å²) in [6, 6.07) is 10.4. The Bertz CT molecular complexity index is 780. The van der Waals surface area contributed by atoms with Crippen LogP contribution in [0.3, 0.4) is 0 Å². The van der Waals surface area contributed by atoms with Gasteiger partial charge in [-0.1, -0.05) is 0 Å². The number of piperazine rings is 2. The molecule has 0 radical (unpaired) electrons. The van der Waals surface area contributed by atoms with Gasteiger partial charge in [-0.05, 0) is 38.2 Å². The number of likely N-dealkylation sites (N-methyl/N-ethyl adjacent to an activating group) is 1. The van der Waals surface area contributed by atoms with Gasteiger partial charge in [-0.15, -0.1) is 0 Å². The molecule has 0 spiro atoms. The molecule has 2 aliphatic heterocycles. The van der Waals surface area contributed by atoms with E-state index in [0.29, 0.717) is 0 Å². The summed E-state index contributed by atoms with van der Waals surface area (Å²) < 4.78 is 5.26. The smallest absolute Gasteiger partial charge is 0.227 e. The zero-order valence-corrected chi connectivity index (χ0v) is 17.1. The molecule has 1 aromatic carbocycles. The number of aryl methyl sites for hydroxylation is 1. The molecular formula is C21H30N6O. The molecule has 2 saturated heterocycles. The standard InChI is InChI=1S/C21H30N6O/c1-17-16-20(26-10-8-24(2)9-11-26)23-21(22-17)27-14-12-25(13-15-27)18-4-6-19(28-3)7-5-18/h4-7,16H,8-15H2,1-3H3. The van der Waals surface area contributed by atoms with Crippen molar-refractivity contribution in [2.75, 3.05) is 81.2 Å². The Morgan fingerprint density at radius 2 is 1.39 bits per heavy atom. The zero-order chi connectivity index (χ0) is 19.5. The lowest BCUT2D eigenvalue weighted by Gasteiger charge is -2.37. The average Bonchev–Trinajstić information content (AvgIpc) is 2.74. The molecule has 7 heteroatoms. The number of hydrogen-bond donors (Lipinski definition) is 0. The summed E-state index contributed by atoms with van der Waals surface area (Å²) in [6.07, 6.45) is 0. The third-order valence-electron chi connectivity index (χ3n) is 5.66. The quantitative estimate of drug-likeness (QED) is 0.800. The van der Waals surface area contributed by atoms with Crippen LogP contribution in [0.4, 0.5) is 17.5 Å². The largest absolute Gasteiger partial charge is 0.497 e. The topological polar surface area (TPSA) is 48.0 Å². The molecule has 28 heavy (non-hydrogen) atoms. The number of hydrogen-bond acceptors (Lipinski definition) is 7. The van der Waals surface area contributed by atoms with Gasteiger partial charge < -0.3 is 24.3 Å². The Morgan fingerprint density at radius 3 is 2.04 bits per heavy atom. The summed E-state index contributed by atoms with van der Waals surface area (Å²) in [5.41, 5.74) is 2.28. The number of methoxy groups -OCH3 is 1.